The molecule has 0 aliphatic carbocycles. The lowest BCUT2D eigenvalue weighted by Gasteiger charge is -2.32. The topological polar surface area (TPSA) is 161 Å². The lowest BCUT2D eigenvalue weighted by molar-refractivity contribution is -0.956. The van der Waals surface area contributed by atoms with Gasteiger partial charge in [-0.05, 0) is 12.8 Å². The fourth-order valence-corrected chi connectivity index (χ4v) is 3.29. The monoisotopic (exact) mass is 341 g/mol. The minimum absolute atomic E-state index is 0.247. The van der Waals surface area contributed by atoms with Gasteiger partial charge in [-0.2, -0.15) is 0 Å². The average Bonchev–Trinajstić information content (AvgIpc) is 2.72. The van der Waals surface area contributed by atoms with Crippen molar-refractivity contribution in [1.82, 2.24) is 0 Å². The number of ether oxygens (including phenoxy) is 1. The molecule has 0 saturated carbocycles. The fourth-order valence-electron chi connectivity index (χ4n) is 2.96. The van der Waals surface area contributed by atoms with Crippen molar-refractivity contribution in [2.75, 3.05) is 19.7 Å². The van der Waals surface area contributed by atoms with Crippen LogP contribution in [0.5, 0.6) is 0 Å². The normalized spacial score (nSPS) is 42.0. The van der Waals surface area contributed by atoms with Crippen LogP contribution in [0.2, 0.25) is 0 Å². The number of nitrogens with one attached hydrogen (secondary N) is 1. The van der Waals surface area contributed by atoms with Crippen molar-refractivity contribution in [2.45, 2.75) is 37.4 Å². The van der Waals surface area contributed by atoms with Crippen LogP contribution in [0.25, 0.3) is 0 Å². The molecule has 5 N–H and O–H groups in total. The molecule has 128 valence electrons. The average molecular weight is 341 g/mol. The second-order valence-corrected chi connectivity index (χ2v) is 6.83. The maximum absolute atomic E-state index is 11.1. The predicted octanol–water partition coefficient (Wildman–Crippen LogP) is -3.71. The first kappa shape index (κ1) is 17.8. The summed E-state index contributed by atoms with van der Waals surface area (Å²) in [4.78, 5) is 30.9. The lowest BCUT2D eigenvalue weighted by atomic mass is 9.97. The molecule has 2 rings (SSSR count). The number of carbonyl (C=O) groups is 1. The maximum atomic E-state index is 11.1. The number of quaternary nitrogens is 1. The van der Waals surface area contributed by atoms with Gasteiger partial charge in [-0.1, -0.05) is 0 Å². The molecule has 2 fully saturated rings. The highest BCUT2D eigenvalue weighted by atomic mass is 31.2. The number of aliphatic hydroxyl groups excluding tert-OH is 2. The highest BCUT2D eigenvalue weighted by molar-refractivity contribution is 7.44. The summed E-state index contributed by atoms with van der Waals surface area (Å²) in [5.41, 5.74) is 0. The molecule has 0 aromatic rings. The molecule has 11 heteroatoms. The zero-order valence-corrected chi connectivity index (χ0v) is 12.6. The van der Waals surface area contributed by atoms with Gasteiger partial charge in [0, 0.05) is 0 Å². The molecule has 2 heterocycles. The standard InChI is InChI=1S/C11H20NO9P/c13-8-7(5-20-22(17,18)19)21-10(9(8)14)12-3-1-2-6(4-12)11(15)16/h6-10,13-14H,1-5H2,(H,15,16)(H2,17,18,19)/t6?,7-,8+,9-,10-/m0/s1. The Hall–Kier alpha value is -0.580. The molecule has 3 unspecified atom stereocenters. The molecule has 2 aliphatic heterocycles. The number of likely N-dealkylation sites (tertiary alicyclic amines) is 1. The summed E-state index contributed by atoms with van der Waals surface area (Å²) in [6.45, 7) is 0.199. The molecule has 0 radical (unpaired) electrons. The van der Waals surface area contributed by atoms with Gasteiger partial charge in [0.15, 0.2) is 6.10 Å². The molecular weight excluding hydrogens is 321 g/mol. The molecule has 0 amide bonds. The summed E-state index contributed by atoms with van der Waals surface area (Å²) in [7, 11) is -4.95. The number of phosphoric ester groups is 1. The summed E-state index contributed by atoms with van der Waals surface area (Å²) >= 11 is 0. The molecule has 2 aliphatic rings. The van der Waals surface area contributed by atoms with Crippen molar-refractivity contribution >= 4 is 13.8 Å². The highest BCUT2D eigenvalue weighted by Crippen LogP contribution is 2.32. The van der Waals surface area contributed by atoms with Crippen LogP contribution in [0.4, 0.5) is 0 Å². The number of phosphoric acid groups is 1. The van der Waals surface area contributed by atoms with E-state index in [4.69, 9.17) is 14.7 Å². The van der Waals surface area contributed by atoms with Gasteiger partial charge in [-0.3, -0.25) is 9.36 Å². The smallest absolute Gasteiger partial charge is 0.312 e. The number of hydrogen-bond acceptors (Lipinski definition) is 7. The van der Waals surface area contributed by atoms with Gasteiger partial charge in [-0.25, -0.2) is 0 Å². The SMILES string of the molecule is O=C(O)C1CCC[NH+]([C@H]2O[C@@H](COP(=O)([O-])O)[C@@H](O)[C@@H]2O)C1. The Morgan fingerprint density at radius 3 is 2.68 bits per heavy atom. The number of carboxylic acid groups (broad SMARTS) is 1. The van der Waals surface area contributed by atoms with Crippen LogP contribution < -0.4 is 9.79 Å². The number of aliphatic carboxylic acids is 1. The van der Waals surface area contributed by atoms with Crippen LogP contribution in [-0.4, -0.2) is 70.4 Å². The number of hydrogen-bond donors (Lipinski definition) is 5. The minimum Gasteiger partial charge on any atom is -0.756 e. The van der Waals surface area contributed by atoms with E-state index in [1.807, 2.05) is 0 Å². The van der Waals surface area contributed by atoms with E-state index in [1.54, 1.807) is 0 Å². The number of piperidine rings is 1. The summed E-state index contributed by atoms with van der Waals surface area (Å²) < 4.78 is 20.2. The second kappa shape index (κ2) is 6.90. The van der Waals surface area contributed by atoms with Gasteiger partial charge < -0.3 is 39.3 Å². The Bertz CT molecular complexity index is 455. The van der Waals surface area contributed by atoms with Crippen molar-refractivity contribution < 1.29 is 48.6 Å². The van der Waals surface area contributed by atoms with E-state index in [9.17, 15) is 24.5 Å². The van der Waals surface area contributed by atoms with Crippen molar-refractivity contribution in [2.24, 2.45) is 5.92 Å². The van der Waals surface area contributed by atoms with Crippen LogP contribution in [0.15, 0.2) is 0 Å². The predicted molar refractivity (Wildman–Crippen MR) is 67.5 cm³/mol. The van der Waals surface area contributed by atoms with E-state index in [-0.39, 0.29) is 6.54 Å². The van der Waals surface area contributed by atoms with Gasteiger partial charge in [0.25, 0.3) is 7.82 Å². The van der Waals surface area contributed by atoms with E-state index in [2.05, 4.69) is 4.52 Å². The van der Waals surface area contributed by atoms with Crippen molar-refractivity contribution in [1.29, 1.82) is 0 Å². The first-order chi connectivity index (χ1) is 10.2. The molecular formula is C11H20NO9P. The molecule has 0 aromatic carbocycles. The second-order valence-electron chi connectivity index (χ2n) is 5.63. The van der Waals surface area contributed by atoms with E-state index in [0.717, 1.165) is 0 Å². The lowest BCUT2D eigenvalue weighted by Crippen LogP contribution is -3.18. The highest BCUT2D eigenvalue weighted by Gasteiger charge is 2.49. The Balaban J connectivity index is 1.97. The van der Waals surface area contributed by atoms with E-state index < -0.39 is 50.9 Å². The molecule has 7 atom stereocenters. The van der Waals surface area contributed by atoms with Gasteiger partial charge in [0.05, 0.1) is 19.7 Å². The third kappa shape index (κ3) is 4.24. The van der Waals surface area contributed by atoms with Gasteiger partial charge in [0.2, 0.25) is 6.23 Å². The van der Waals surface area contributed by atoms with E-state index >= 15 is 0 Å². The minimum atomic E-state index is -4.95. The zero-order chi connectivity index (χ0) is 16.5. The van der Waals surface area contributed by atoms with Gasteiger partial charge in [0.1, 0.15) is 18.1 Å². The summed E-state index contributed by atoms with van der Waals surface area (Å²) in [5, 5.41) is 29.0. The van der Waals surface area contributed by atoms with Crippen molar-refractivity contribution in [3.8, 4) is 0 Å². The van der Waals surface area contributed by atoms with Crippen molar-refractivity contribution in [3.63, 3.8) is 0 Å². The number of carboxylic acids is 1. The Morgan fingerprint density at radius 1 is 1.41 bits per heavy atom. The van der Waals surface area contributed by atoms with Gasteiger partial charge in [-0.15, -0.1) is 0 Å². The van der Waals surface area contributed by atoms with Crippen LogP contribution in [0.3, 0.4) is 0 Å². The molecule has 10 nitrogen and oxygen atoms in total. The quantitative estimate of drug-likeness (QED) is 0.317. The number of aliphatic hydroxyl groups is 2. The summed E-state index contributed by atoms with van der Waals surface area (Å²) in [5.74, 6) is -1.47. The third-order valence-electron chi connectivity index (χ3n) is 4.08. The van der Waals surface area contributed by atoms with E-state index in [1.165, 1.54) is 0 Å². The number of rotatable bonds is 5. The molecule has 0 spiro atoms. The van der Waals surface area contributed by atoms with E-state index in [0.29, 0.717) is 24.3 Å². The third-order valence-corrected chi connectivity index (χ3v) is 4.55. The Morgan fingerprint density at radius 2 is 2.09 bits per heavy atom. The largest absolute Gasteiger partial charge is 0.756 e. The Labute approximate surface area is 126 Å². The van der Waals surface area contributed by atoms with Crippen LogP contribution in [-0.2, 0) is 18.6 Å². The zero-order valence-electron chi connectivity index (χ0n) is 11.7. The molecule has 22 heavy (non-hydrogen) atoms. The first-order valence-corrected chi connectivity index (χ1v) is 8.46. The van der Waals surface area contributed by atoms with Gasteiger partial charge >= 0.3 is 5.97 Å². The molecule has 0 aromatic heterocycles. The fraction of sp³-hybridized carbons (Fsp3) is 0.909. The molecule has 2 saturated heterocycles. The summed E-state index contributed by atoms with van der Waals surface area (Å²) in [6.07, 6.45) is -3.47. The maximum Gasteiger partial charge on any atom is 0.312 e. The Kier molecular flexibility index (Phi) is 5.57. The van der Waals surface area contributed by atoms with Crippen LogP contribution in [0, 0.1) is 5.92 Å². The van der Waals surface area contributed by atoms with Crippen LogP contribution >= 0.6 is 7.82 Å². The first-order valence-electron chi connectivity index (χ1n) is 6.96. The van der Waals surface area contributed by atoms with Crippen LogP contribution in [0.1, 0.15) is 12.8 Å². The summed E-state index contributed by atoms with van der Waals surface area (Å²) in [6, 6.07) is 0. The molecule has 0 bridgehead atoms. The van der Waals surface area contributed by atoms with Crippen molar-refractivity contribution in [3.05, 3.63) is 0 Å².